The first-order valence-electron chi connectivity index (χ1n) is 15.3. The topological polar surface area (TPSA) is 50.5 Å². The molecule has 0 radical (unpaired) electrons. The van der Waals surface area contributed by atoms with E-state index in [0.717, 1.165) is 32.9 Å². The Morgan fingerprint density at radius 1 is 0.848 bits per heavy atom. The number of nitrogens with zero attached hydrogens (tertiary/aromatic N) is 4. The number of piperazine rings is 1. The molecule has 0 saturated carbocycles. The molecule has 13 heteroatoms. The summed E-state index contributed by atoms with van der Waals surface area (Å²) in [4.78, 5) is 31.3. The standard InChI is InChI=1S/C31H36F6N4O2.C2H6.H2S/c1-22-27(39-18-16-38(17-19-39)14-7-13-30(2,34)21-32)28(42)40(15-12-23-8-4-3-5-9-23)29(43)41(22)20-24-25(31(35,36)37)10-6-11-26(24)33;1-2;/h3-6,8-11H,7,12-21H2,1-2H3;1-2H3;1H2. The summed E-state index contributed by atoms with van der Waals surface area (Å²) in [5.74, 6) is -1.10. The molecule has 2 heterocycles. The van der Waals surface area contributed by atoms with Gasteiger partial charge in [-0.25, -0.2) is 18.0 Å². The number of hydrogen-bond donors (Lipinski definition) is 0. The van der Waals surface area contributed by atoms with Crippen LogP contribution in [0.4, 0.5) is 32.0 Å². The molecular formula is C33H44F6N4O2S. The van der Waals surface area contributed by atoms with Gasteiger partial charge in [-0.3, -0.25) is 18.8 Å². The van der Waals surface area contributed by atoms with Crippen LogP contribution in [0.2, 0.25) is 0 Å². The number of aryl methyl sites for hydroxylation is 1. The minimum absolute atomic E-state index is 0. The van der Waals surface area contributed by atoms with Crippen LogP contribution in [0.15, 0.2) is 58.1 Å². The van der Waals surface area contributed by atoms with E-state index < -0.39 is 53.3 Å². The van der Waals surface area contributed by atoms with Crippen molar-refractivity contribution in [1.82, 2.24) is 14.0 Å². The van der Waals surface area contributed by atoms with Crippen LogP contribution in [0.25, 0.3) is 0 Å². The van der Waals surface area contributed by atoms with Crippen LogP contribution in [0.5, 0.6) is 0 Å². The summed E-state index contributed by atoms with van der Waals surface area (Å²) in [5, 5.41) is 0. The normalized spacial score (nSPS) is 15.0. The first-order chi connectivity index (χ1) is 21.3. The van der Waals surface area contributed by atoms with E-state index in [1.807, 2.05) is 44.2 Å². The average Bonchev–Trinajstić information content (AvgIpc) is 3.01. The van der Waals surface area contributed by atoms with Gasteiger partial charge in [0.05, 0.1) is 12.1 Å². The van der Waals surface area contributed by atoms with Gasteiger partial charge in [-0.15, -0.1) is 0 Å². The van der Waals surface area contributed by atoms with Crippen LogP contribution < -0.4 is 16.1 Å². The Morgan fingerprint density at radius 2 is 1.48 bits per heavy atom. The van der Waals surface area contributed by atoms with Crippen molar-refractivity contribution in [2.24, 2.45) is 0 Å². The minimum atomic E-state index is -4.85. The molecule has 4 rings (SSSR count). The quantitative estimate of drug-likeness (QED) is 0.218. The van der Waals surface area contributed by atoms with Crippen molar-refractivity contribution in [1.29, 1.82) is 0 Å². The molecule has 1 aliphatic heterocycles. The first-order valence-corrected chi connectivity index (χ1v) is 15.3. The highest BCUT2D eigenvalue weighted by molar-refractivity contribution is 7.59. The monoisotopic (exact) mass is 674 g/mol. The molecule has 1 atom stereocenters. The maximum Gasteiger partial charge on any atom is 0.416 e. The third-order valence-corrected chi connectivity index (χ3v) is 8.00. The van der Waals surface area contributed by atoms with Crippen molar-refractivity contribution in [3.63, 3.8) is 0 Å². The summed E-state index contributed by atoms with van der Waals surface area (Å²) in [6.07, 6.45) is -3.99. The lowest BCUT2D eigenvalue weighted by Gasteiger charge is -2.37. The van der Waals surface area contributed by atoms with Gasteiger partial charge in [0.15, 0.2) is 0 Å². The van der Waals surface area contributed by atoms with Crippen LogP contribution >= 0.6 is 13.5 Å². The van der Waals surface area contributed by atoms with Gasteiger partial charge in [0.25, 0.3) is 5.56 Å². The van der Waals surface area contributed by atoms with Crippen molar-refractivity contribution < 1.29 is 26.3 Å². The van der Waals surface area contributed by atoms with Crippen molar-refractivity contribution in [2.75, 3.05) is 44.3 Å². The van der Waals surface area contributed by atoms with Gasteiger partial charge >= 0.3 is 11.9 Å². The molecule has 1 fully saturated rings. The van der Waals surface area contributed by atoms with Gasteiger partial charge < -0.3 is 4.90 Å². The van der Waals surface area contributed by atoms with Gasteiger partial charge in [0.2, 0.25) is 0 Å². The van der Waals surface area contributed by atoms with Crippen LogP contribution in [0.1, 0.15) is 56.0 Å². The first kappa shape index (κ1) is 39.0. The van der Waals surface area contributed by atoms with Crippen molar-refractivity contribution >= 4 is 19.2 Å². The molecule has 1 aliphatic rings. The number of aromatic nitrogens is 2. The van der Waals surface area contributed by atoms with Crippen LogP contribution in [-0.2, 0) is 25.7 Å². The predicted molar refractivity (Wildman–Crippen MR) is 175 cm³/mol. The van der Waals surface area contributed by atoms with E-state index in [2.05, 4.69) is 4.90 Å². The molecular weight excluding hydrogens is 630 g/mol. The lowest BCUT2D eigenvalue weighted by Crippen LogP contribution is -2.51. The molecule has 0 N–H and O–H groups in total. The number of rotatable bonds is 11. The fourth-order valence-corrected chi connectivity index (χ4v) is 5.50. The molecule has 0 amide bonds. The lowest BCUT2D eigenvalue weighted by molar-refractivity contribution is -0.138. The Balaban J connectivity index is 0.00000241. The molecule has 6 nitrogen and oxygen atoms in total. The molecule has 3 aromatic rings. The van der Waals surface area contributed by atoms with Crippen LogP contribution in [0.3, 0.4) is 0 Å². The zero-order chi connectivity index (χ0) is 33.4. The van der Waals surface area contributed by atoms with Crippen molar-refractivity contribution in [2.45, 2.75) is 71.9 Å². The summed E-state index contributed by atoms with van der Waals surface area (Å²) in [6.45, 7) is 7.23. The zero-order valence-corrected chi connectivity index (χ0v) is 27.8. The smallest absolute Gasteiger partial charge is 0.363 e. The highest BCUT2D eigenvalue weighted by Crippen LogP contribution is 2.33. The van der Waals surface area contributed by atoms with Gasteiger partial charge in [-0.05, 0) is 57.4 Å². The van der Waals surface area contributed by atoms with Gasteiger partial charge in [-0.2, -0.15) is 26.7 Å². The van der Waals surface area contributed by atoms with Gasteiger partial charge in [-0.1, -0.05) is 50.2 Å². The third-order valence-electron chi connectivity index (χ3n) is 8.00. The fourth-order valence-electron chi connectivity index (χ4n) is 5.50. The second kappa shape index (κ2) is 17.1. The highest BCUT2D eigenvalue weighted by atomic mass is 32.1. The SMILES string of the molecule is CC.Cc1c(N2CCN(CCCC(C)(F)CF)CC2)c(=O)n(CCc2ccccc2)c(=O)n1Cc1c(F)cccc1C(F)(F)F.S. The van der Waals surface area contributed by atoms with Gasteiger partial charge in [0.1, 0.15) is 23.8 Å². The predicted octanol–water partition coefficient (Wildman–Crippen LogP) is 6.51. The average molecular weight is 675 g/mol. The van der Waals surface area contributed by atoms with E-state index in [4.69, 9.17) is 0 Å². The molecule has 256 valence electrons. The molecule has 2 aromatic carbocycles. The Morgan fingerprint density at radius 3 is 2.07 bits per heavy atom. The Hall–Kier alpha value is -3.19. The summed E-state index contributed by atoms with van der Waals surface area (Å²) < 4.78 is 85.0. The second-order valence-electron chi connectivity index (χ2n) is 11.2. The molecule has 46 heavy (non-hydrogen) atoms. The largest absolute Gasteiger partial charge is 0.416 e. The van der Waals surface area contributed by atoms with E-state index in [0.29, 0.717) is 45.6 Å². The molecule has 1 aromatic heterocycles. The highest BCUT2D eigenvalue weighted by Gasteiger charge is 2.35. The van der Waals surface area contributed by atoms with E-state index >= 15 is 0 Å². The zero-order valence-electron chi connectivity index (χ0n) is 26.8. The van der Waals surface area contributed by atoms with E-state index in [1.54, 1.807) is 4.90 Å². The minimum Gasteiger partial charge on any atom is -0.363 e. The van der Waals surface area contributed by atoms with Crippen molar-refractivity contribution in [3.05, 3.63) is 97.6 Å². The summed E-state index contributed by atoms with van der Waals surface area (Å²) in [5.41, 5.74) is -3.95. The van der Waals surface area contributed by atoms with E-state index in [9.17, 15) is 35.9 Å². The fraction of sp³-hybridized carbons (Fsp3) is 0.515. The maximum absolute atomic E-state index is 14.8. The van der Waals surface area contributed by atoms with Crippen LogP contribution in [-0.4, -0.2) is 59.1 Å². The van der Waals surface area contributed by atoms with Crippen LogP contribution in [0, 0.1) is 12.7 Å². The second-order valence-corrected chi connectivity index (χ2v) is 11.2. The molecule has 1 unspecified atom stereocenters. The van der Waals surface area contributed by atoms with Crippen molar-refractivity contribution in [3.8, 4) is 0 Å². The number of halogens is 6. The lowest BCUT2D eigenvalue weighted by atomic mass is 10.0. The summed E-state index contributed by atoms with van der Waals surface area (Å²) in [7, 11) is 0. The Kier molecular flexibility index (Phi) is 14.5. The third kappa shape index (κ3) is 9.66. The molecule has 0 spiro atoms. The number of anilines is 1. The van der Waals surface area contributed by atoms with Gasteiger partial charge in [0, 0.05) is 44.0 Å². The summed E-state index contributed by atoms with van der Waals surface area (Å²) >= 11 is 0. The maximum atomic E-state index is 14.8. The number of alkyl halides is 5. The Labute approximate surface area is 273 Å². The summed E-state index contributed by atoms with van der Waals surface area (Å²) in [6, 6.07) is 11.8. The number of hydrogen-bond acceptors (Lipinski definition) is 4. The molecule has 1 saturated heterocycles. The molecule has 0 aliphatic carbocycles. The van der Waals surface area contributed by atoms with E-state index in [1.165, 1.54) is 13.8 Å². The molecule has 0 bridgehead atoms. The van der Waals surface area contributed by atoms with E-state index in [-0.39, 0.29) is 37.8 Å². The number of benzene rings is 2. The Bertz CT molecular complexity index is 1520.